The zero-order valence-corrected chi connectivity index (χ0v) is 11.2. The van der Waals surface area contributed by atoms with Gasteiger partial charge in [-0.05, 0) is 36.1 Å². The molecule has 0 spiro atoms. The molecule has 0 radical (unpaired) electrons. The van der Waals surface area contributed by atoms with E-state index in [9.17, 15) is 18.3 Å². The van der Waals surface area contributed by atoms with E-state index >= 15 is 0 Å². The lowest BCUT2D eigenvalue weighted by Gasteiger charge is -2.12. The predicted octanol–water partition coefficient (Wildman–Crippen LogP) is 4.25. The van der Waals surface area contributed by atoms with Gasteiger partial charge in [-0.3, -0.25) is 0 Å². The Morgan fingerprint density at radius 2 is 1.71 bits per heavy atom. The smallest absolute Gasteiger partial charge is 0.406 e. The zero-order chi connectivity index (χ0) is 15.3. The minimum absolute atomic E-state index is 0.241. The summed E-state index contributed by atoms with van der Waals surface area (Å²) < 4.78 is 40.3. The van der Waals surface area contributed by atoms with E-state index in [4.69, 9.17) is 0 Å². The Balaban J connectivity index is 1.96. The Morgan fingerprint density at radius 3 is 2.38 bits per heavy atom. The monoisotopic (exact) mass is 296 g/mol. The Bertz CT molecular complexity index is 567. The fourth-order valence-electron chi connectivity index (χ4n) is 2.04. The first-order valence-electron chi connectivity index (χ1n) is 6.52. The highest BCUT2D eigenvalue weighted by molar-refractivity contribution is 5.29. The molecule has 1 atom stereocenters. The molecular weight excluding hydrogens is 281 g/mol. The summed E-state index contributed by atoms with van der Waals surface area (Å²) in [6.07, 6.45) is -4.44. The third-order valence-electron chi connectivity index (χ3n) is 3.02. The van der Waals surface area contributed by atoms with E-state index < -0.39 is 12.5 Å². The average molecular weight is 296 g/mol. The number of aliphatic hydroxyl groups is 1. The lowest BCUT2D eigenvalue weighted by atomic mass is 10.0. The van der Waals surface area contributed by atoms with Crippen LogP contribution in [0.1, 0.15) is 23.7 Å². The molecule has 2 nitrogen and oxygen atoms in total. The minimum Gasteiger partial charge on any atom is -0.406 e. The maximum Gasteiger partial charge on any atom is 0.573 e. The van der Waals surface area contributed by atoms with Crippen molar-refractivity contribution in [3.8, 4) is 5.75 Å². The molecular formula is C16H15F3O2. The number of benzene rings is 2. The molecule has 112 valence electrons. The average Bonchev–Trinajstić information content (AvgIpc) is 2.44. The highest BCUT2D eigenvalue weighted by Gasteiger charge is 2.31. The number of halogens is 3. The molecule has 1 N–H and O–H groups in total. The standard InChI is InChI=1S/C16H15F3O2/c17-16(18,19)21-14-8-4-5-12(11-14)9-10-15(20)13-6-2-1-3-7-13/h1-8,11,15,20H,9-10H2. The van der Waals surface area contributed by atoms with Crippen LogP contribution in [0.15, 0.2) is 54.6 Å². The van der Waals surface area contributed by atoms with Crippen LogP contribution in [0.5, 0.6) is 5.75 Å². The first-order chi connectivity index (χ1) is 9.94. The van der Waals surface area contributed by atoms with Gasteiger partial charge >= 0.3 is 6.36 Å². The summed E-state index contributed by atoms with van der Waals surface area (Å²) in [4.78, 5) is 0. The van der Waals surface area contributed by atoms with Crippen molar-refractivity contribution in [3.63, 3.8) is 0 Å². The lowest BCUT2D eigenvalue weighted by molar-refractivity contribution is -0.274. The molecule has 21 heavy (non-hydrogen) atoms. The molecule has 0 saturated carbocycles. The van der Waals surface area contributed by atoms with Gasteiger partial charge in [0, 0.05) is 0 Å². The summed E-state index contributed by atoms with van der Waals surface area (Å²) in [6.45, 7) is 0. The van der Waals surface area contributed by atoms with Crippen LogP contribution < -0.4 is 4.74 Å². The minimum atomic E-state index is -4.69. The van der Waals surface area contributed by atoms with Crippen molar-refractivity contribution in [2.24, 2.45) is 0 Å². The van der Waals surface area contributed by atoms with E-state index in [0.29, 0.717) is 18.4 Å². The molecule has 0 aliphatic heterocycles. The van der Waals surface area contributed by atoms with E-state index in [1.165, 1.54) is 18.2 Å². The van der Waals surface area contributed by atoms with Crippen molar-refractivity contribution >= 4 is 0 Å². The van der Waals surface area contributed by atoms with Crippen molar-refractivity contribution in [1.82, 2.24) is 0 Å². The Hall–Kier alpha value is -2.01. The van der Waals surface area contributed by atoms with E-state index in [1.807, 2.05) is 30.3 Å². The summed E-state index contributed by atoms with van der Waals surface area (Å²) in [5.74, 6) is -0.241. The van der Waals surface area contributed by atoms with Crippen LogP contribution in [0.4, 0.5) is 13.2 Å². The van der Waals surface area contributed by atoms with E-state index in [-0.39, 0.29) is 5.75 Å². The van der Waals surface area contributed by atoms with Crippen LogP contribution in [-0.2, 0) is 6.42 Å². The van der Waals surface area contributed by atoms with Gasteiger partial charge in [0.25, 0.3) is 0 Å². The lowest BCUT2D eigenvalue weighted by Crippen LogP contribution is -2.17. The fraction of sp³-hybridized carbons (Fsp3) is 0.250. The maximum absolute atomic E-state index is 12.1. The van der Waals surface area contributed by atoms with Crippen molar-refractivity contribution in [2.45, 2.75) is 25.3 Å². The number of hydrogen-bond acceptors (Lipinski definition) is 2. The third kappa shape index (κ3) is 5.11. The number of aryl methyl sites for hydroxylation is 1. The number of ether oxygens (including phenoxy) is 1. The summed E-state index contributed by atoms with van der Waals surface area (Å²) in [7, 11) is 0. The second-order valence-electron chi connectivity index (χ2n) is 4.66. The number of alkyl halides is 3. The molecule has 0 aliphatic rings. The van der Waals surface area contributed by atoms with Gasteiger partial charge in [-0.15, -0.1) is 13.2 Å². The topological polar surface area (TPSA) is 29.5 Å². The number of hydrogen-bond donors (Lipinski definition) is 1. The van der Waals surface area contributed by atoms with E-state index in [1.54, 1.807) is 6.07 Å². The summed E-state index contributed by atoms with van der Waals surface area (Å²) in [6, 6.07) is 14.9. The molecule has 0 amide bonds. The molecule has 0 aliphatic carbocycles. The summed E-state index contributed by atoms with van der Waals surface area (Å²) >= 11 is 0. The van der Waals surface area contributed by atoms with Crippen LogP contribution in [0.2, 0.25) is 0 Å². The maximum atomic E-state index is 12.1. The molecule has 0 aromatic heterocycles. The highest BCUT2D eigenvalue weighted by atomic mass is 19.4. The molecule has 2 aromatic rings. The molecule has 2 rings (SSSR count). The largest absolute Gasteiger partial charge is 0.573 e. The van der Waals surface area contributed by atoms with Gasteiger partial charge in [0.2, 0.25) is 0 Å². The SMILES string of the molecule is OC(CCc1cccc(OC(F)(F)F)c1)c1ccccc1. The van der Waals surface area contributed by atoms with Gasteiger partial charge in [-0.2, -0.15) is 0 Å². The second-order valence-corrected chi connectivity index (χ2v) is 4.66. The molecule has 0 saturated heterocycles. The molecule has 0 bridgehead atoms. The van der Waals surface area contributed by atoms with E-state index in [0.717, 1.165) is 5.56 Å². The number of rotatable bonds is 5. The Morgan fingerprint density at radius 1 is 1.00 bits per heavy atom. The van der Waals surface area contributed by atoms with Gasteiger partial charge in [-0.1, -0.05) is 42.5 Å². The molecule has 1 unspecified atom stereocenters. The molecule has 0 heterocycles. The zero-order valence-electron chi connectivity index (χ0n) is 11.2. The van der Waals surface area contributed by atoms with Gasteiger partial charge in [0.1, 0.15) is 5.75 Å². The van der Waals surface area contributed by atoms with Gasteiger partial charge in [-0.25, -0.2) is 0 Å². The van der Waals surface area contributed by atoms with Crippen LogP contribution in [-0.4, -0.2) is 11.5 Å². The van der Waals surface area contributed by atoms with Gasteiger partial charge < -0.3 is 9.84 Å². The fourth-order valence-corrected chi connectivity index (χ4v) is 2.04. The quantitative estimate of drug-likeness (QED) is 0.893. The van der Waals surface area contributed by atoms with Crippen LogP contribution in [0.25, 0.3) is 0 Å². The van der Waals surface area contributed by atoms with Crippen molar-refractivity contribution in [3.05, 3.63) is 65.7 Å². The molecule has 0 fully saturated rings. The van der Waals surface area contributed by atoms with Crippen molar-refractivity contribution < 1.29 is 23.0 Å². The normalized spacial score (nSPS) is 13.0. The molecule has 5 heteroatoms. The van der Waals surface area contributed by atoms with Crippen LogP contribution >= 0.6 is 0 Å². The second kappa shape index (κ2) is 6.63. The van der Waals surface area contributed by atoms with E-state index in [2.05, 4.69) is 4.74 Å². The van der Waals surface area contributed by atoms with Crippen LogP contribution in [0.3, 0.4) is 0 Å². The Labute approximate surface area is 120 Å². The number of aliphatic hydroxyl groups excluding tert-OH is 1. The summed E-state index contributed by atoms with van der Waals surface area (Å²) in [5.41, 5.74) is 1.48. The van der Waals surface area contributed by atoms with Crippen LogP contribution in [0, 0.1) is 0 Å². The van der Waals surface area contributed by atoms with Gasteiger partial charge in [0.05, 0.1) is 6.10 Å². The highest BCUT2D eigenvalue weighted by Crippen LogP contribution is 2.25. The first kappa shape index (κ1) is 15.4. The first-order valence-corrected chi connectivity index (χ1v) is 6.52. The third-order valence-corrected chi connectivity index (χ3v) is 3.02. The summed E-state index contributed by atoms with van der Waals surface area (Å²) in [5, 5.41) is 10.0. The van der Waals surface area contributed by atoms with Crippen molar-refractivity contribution in [1.29, 1.82) is 0 Å². The molecule has 2 aromatic carbocycles. The van der Waals surface area contributed by atoms with Crippen molar-refractivity contribution in [2.75, 3.05) is 0 Å². The Kier molecular flexibility index (Phi) is 4.85. The predicted molar refractivity (Wildman–Crippen MR) is 72.8 cm³/mol. The van der Waals surface area contributed by atoms with Gasteiger partial charge in [0.15, 0.2) is 0 Å².